The van der Waals surface area contributed by atoms with E-state index in [1.165, 1.54) is 4.91 Å². The Morgan fingerprint density at radius 3 is 1.89 bits per heavy atom. The lowest BCUT2D eigenvalue weighted by Gasteiger charge is -2.19. The van der Waals surface area contributed by atoms with Crippen molar-refractivity contribution in [1.82, 2.24) is 0 Å². The minimum absolute atomic E-state index is 0.209. The van der Waals surface area contributed by atoms with E-state index in [-0.39, 0.29) is 5.41 Å². The van der Waals surface area contributed by atoms with Crippen molar-refractivity contribution in [3.63, 3.8) is 0 Å². The molecule has 0 aromatic carbocycles. The highest BCUT2D eigenvalue weighted by atomic mass is 35.5. The second-order valence-electron chi connectivity index (χ2n) is 2.93. The average molecular weight is 165 g/mol. The van der Waals surface area contributed by atoms with E-state index in [0.29, 0.717) is 0 Å². The molecule has 0 spiro atoms. The number of rotatable bonds is 1. The van der Waals surface area contributed by atoms with Crippen molar-refractivity contribution in [1.29, 1.82) is 0 Å². The van der Waals surface area contributed by atoms with Crippen molar-refractivity contribution in [2.75, 3.05) is 6.26 Å². The summed E-state index contributed by atoms with van der Waals surface area (Å²) in [6, 6.07) is 0. The standard InChI is InChI=1S/C7H13ClS/c1-7(2,3)6(5-8)9-4/h5H,1-4H3/b6-5+. The number of thioether (sulfide) groups is 1. The third-order valence-electron chi connectivity index (χ3n) is 1.06. The van der Waals surface area contributed by atoms with Gasteiger partial charge in [0, 0.05) is 10.4 Å². The molecule has 0 aromatic heterocycles. The van der Waals surface area contributed by atoms with Crippen LogP contribution < -0.4 is 0 Å². The van der Waals surface area contributed by atoms with Gasteiger partial charge in [0.2, 0.25) is 0 Å². The second-order valence-corrected chi connectivity index (χ2v) is 3.99. The van der Waals surface area contributed by atoms with Crippen molar-refractivity contribution in [3.05, 3.63) is 10.4 Å². The summed E-state index contributed by atoms with van der Waals surface area (Å²) in [5.41, 5.74) is 1.87. The van der Waals surface area contributed by atoms with Gasteiger partial charge < -0.3 is 0 Å². The first kappa shape index (κ1) is 9.38. The number of halogens is 1. The molecule has 0 nitrogen and oxygen atoms in total. The molecule has 0 saturated heterocycles. The monoisotopic (exact) mass is 164 g/mol. The molecule has 2 heteroatoms. The molecule has 0 saturated carbocycles. The van der Waals surface area contributed by atoms with Crippen LogP contribution >= 0.6 is 23.4 Å². The molecule has 0 unspecified atom stereocenters. The number of hydrogen-bond donors (Lipinski definition) is 0. The van der Waals surface area contributed by atoms with Gasteiger partial charge in [0.15, 0.2) is 0 Å². The first-order chi connectivity index (χ1) is 4.02. The highest BCUT2D eigenvalue weighted by molar-refractivity contribution is 8.02. The minimum Gasteiger partial charge on any atom is -0.133 e. The molecular weight excluding hydrogens is 152 g/mol. The molecule has 0 atom stereocenters. The lowest BCUT2D eigenvalue weighted by Crippen LogP contribution is -2.05. The minimum atomic E-state index is 0.209. The van der Waals surface area contributed by atoms with Crippen LogP contribution in [-0.2, 0) is 0 Å². The van der Waals surface area contributed by atoms with Gasteiger partial charge in [0.1, 0.15) is 0 Å². The molecule has 0 radical (unpaired) electrons. The van der Waals surface area contributed by atoms with Crippen LogP contribution in [0.4, 0.5) is 0 Å². The van der Waals surface area contributed by atoms with E-state index in [1.54, 1.807) is 17.3 Å². The van der Waals surface area contributed by atoms with Crippen LogP contribution in [0.15, 0.2) is 10.4 Å². The molecule has 0 N–H and O–H groups in total. The van der Waals surface area contributed by atoms with Crippen molar-refractivity contribution in [2.45, 2.75) is 20.8 Å². The van der Waals surface area contributed by atoms with Crippen LogP contribution in [0.1, 0.15) is 20.8 Å². The highest BCUT2D eigenvalue weighted by Crippen LogP contribution is 2.33. The zero-order valence-electron chi connectivity index (χ0n) is 6.36. The van der Waals surface area contributed by atoms with Crippen molar-refractivity contribution in [3.8, 4) is 0 Å². The summed E-state index contributed by atoms with van der Waals surface area (Å²) in [5, 5.41) is 0. The van der Waals surface area contributed by atoms with Crippen molar-refractivity contribution < 1.29 is 0 Å². The Kier molecular flexibility index (Phi) is 3.67. The lowest BCUT2D eigenvalue weighted by molar-refractivity contribution is 0.534. The molecule has 0 heterocycles. The topological polar surface area (TPSA) is 0 Å². The van der Waals surface area contributed by atoms with Gasteiger partial charge in [-0.15, -0.1) is 11.8 Å². The summed E-state index contributed by atoms with van der Waals surface area (Å²) in [5.74, 6) is 0. The fourth-order valence-corrected chi connectivity index (χ4v) is 1.81. The number of hydrogen-bond acceptors (Lipinski definition) is 1. The van der Waals surface area contributed by atoms with Gasteiger partial charge in [-0.2, -0.15) is 0 Å². The van der Waals surface area contributed by atoms with Crippen LogP contribution in [-0.4, -0.2) is 6.26 Å². The Bertz CT molecular complexity index is 111. The first-order valence-electron chi connectivity index (χ1n) is 2.87. The maximum atomic E-state index is 5.57. The predicted octanol–water partition coefficient (Wildman–Crippen LogP) is 3.48. The van der Waals surface area contributed by atoms with Crippen LogP contribution in [0.3, 0.4) is 0 Å². The van der Waals surface area contributed by atoms with Gasteiger partial charge in [-0.25, -0.2) is 0 Å². The summed E-state index contributed by atoms with van der Waals surface area (Å²) in [6.07, 6.45) is 2.04. The Hall–Kier alpha value is 0.380. The zero-order chi connectivity index (χ0) is 7.49. The molecule has 0 aliphatic heterocycles. The first-order valence-corrected chi connectivity index (χ1v) is 4.53. The smallest absolute Gasteiger partial charge is 0.0143 e. The molecule has 54 valence electrons. The summed E-state index contributed by atoms with van der Waals surface area (Å²) in [7, 11) is 0. The van der Waals surface area contributed by atoms with Crippen LogP contribution in [0.5, 0.6) is 0 Å². The van der Waals surface area contributed by atoms with Crippen molar-refractivity contribution in [2.24, 2.45) is 5.41 Å². The van der Waals surface area contributed by atoms with Gasteiger partial charge >= 0.3 is 0 Å². The fourth-order valence-electron chi connectivity index (χ4n) is 0.514. The van der Waals surface area contributed by atoms with Crippen LogP contribution in [0.25, 0.3) is 0 Å². The maximum Gasteiger partial charge on any atom is 0.0143 e. The largest absolute Gasteiger partial charge is 0.133 e. The normalized spacial score (nSPS) is 14.1. The van der Waals surface area contributed by atoms with E-state index in [9.17, 15) is 0 Å². The number of allylic oxidation sites excluding steroid dienone is 1. The summed E-state index contributed by atoms with van der Waals surface area (Å²) >= 11 is 7.28. The van der Waals surface area contributed by atoms with E-state index in [2.05, 4.69) is 20.8 Å². The van der Waals surface area contributed by atoms with Gasteiger partial charge in [-0.1, -0.05) is 32.4 Å². The summed E-state index contributed by atoms with van der Waals surface area (Å²) in [4.78, 5) is 1.23. The van der Waals surface area contributed by atoms with Crippen molar-refractivity contribution >= 4 is 23.4 Å². The molecule has 0 bridgehead atoms. The highest BCUT2D eigenvalue weighted by Gasteiger charge is 2.14. The van der Waals surface area contributed by atoms with E-state index in [0.717, 1.165) is 0 Å². The van der Waals surface area contributed by atoms with Gasteiger partial charge in [-0.05, 0) is 11.7 Å². The fraction of sp³-hybridized carbons (Fsp3) is 0.714. The Morgan fingerprint density at radius 2 is 1.89 bits per heavy atom. The SMILES string of the molecule is CS/C(=C/Cl)C(C)(C)C. The van der Waals surface area contributed by atoms with E-state index in [4.69, 9.17) is 11.6 Å². The van der Waals surface area contributed by atoms with E-state index < -0.39 is 0 Å². The Labute approximate surface area is 66.7 Å². The Morgan fingerprint density at radius 1 is 1.44 bits per heavy atom. The van der Waals surface area contributed by atoms with Gasteiger partial charge in [0.25, 0.3) is 0 Å². The van der Waals surface area contributed by atoms with Crippen LogP contribution in [0, 0.1) is 5.41 Å². The lowest BCUT2D eigenvalue weighted by atomic mass is 9.97. The molecular formula is C7H13ClS. The summed E-state index contributed by atoms with van der Waals surface area (Å²) in [6.45, 7) is 6.45. The van der Waals surface area contributed by atoms with E-state index in [1.807, 2.05) is 6.26 Å². The van der Waals surface area contributed by atoms with Crippen LogP contribution in [0.2, 0.25) is 0 Å². The molecule has 9 heavy (non-hydrogen) atoms. The third kappa shape index (κ3) is 3.17. The molecule has 0 fully saturated rings. The maximum absolute atomic E-state index is 5.57. The molecule has 0 amide bonds. The van der Waals surface area contributed by atoms with E-state index >= 15 is 0 Å². The quantitative estimate of drug-likeness (QED) is 0.572. The zero-order valence-corrected chi connectivity index (χ0v) is 7.94. The second kappa shape index (κ2) is 3.52. The third-order valence-corrected chi connectivity index (χ3v) is 2.58. The predicted molar refractivity (Wildman–Crippen MR) is 46.9 cm³/mol. The molecule has 0 rings (SSSR count). The average Bonchev–Trinajstić information content (AvgIpc) is 1.65. The van der Waals surface area contributed by atoms with Gasteiger partial charge in [0.05, 0.1) is 0 Å². The Balaban J connectivity index is 4.14. The molecule has 0 aromatic rings. The molecule has 0 aliphatic rings. The molecule has 0 aliphatic carbocycles. The summed E-state index contributed by atoms with van der Waals surface area (Å²) < 4.78 is 0. The van der Waals surface area contributed by atoms with Gasteiger partial charge in [-0.3, -0.25) is 0 Å².